The summed E-state index contributed by atoms with van der Waals surface area (Å²) in [4.78, 5) is 11.2. The van der Waals surface area contributed by atoms with E-state index in [1.54, 1.807) is 6.07 Å². The van der Waals surface area contributed by atoms with Crippen LogP contribution in [0.15, 0.2) is 48.5 Å². The van der Waals surface area contributed by atoms with Gasteiger partial charge < -0.3 is 11.1 Å². The molecular formula is C17H19ClN2O. The molecule has 1 atom stereocenters. The van der Waals surface area contributed by atoms with Crippen molar-refractivity contribution in [3.05, 3.63) is 70.2 Å². The second-order valence-corrected chi connectivity index (χ2v) is 5.62. The molecule has 0 aliphatic rings. The van der Waals surface area contributed by atoms with E-state index in [-0.39, 0.29) is 0 Å². The first kappa shape index (κ1) is 15.5. The van der Waals surface area contributed by atoms with Crippen LogP contribution in [0.25, 0.3) is 0 Å². The Bertz CT molecular complexity index is 628. The smallest absolute Gasteiger partial charge is 0.248 e. The van der Waals surface area contributed by atoms with Crippen molar-refractivity contribution in [2.45, 2.75) is 25.9 Å². The Kier molecular flexibility index (Phi) is 5.37. The van der Waals surface area contributed by atoms with Gasteiger partial charge in [0.15, 0.2) is 0 Å². The number of primary amides is 1. The number of nitrogens with one attached hydrogen (secondary N) is 1. The van der Waals surface area contributed by atoms with Gasteiger partial charge in [0.05, 0.1) is 0 Å². The second kappa shape index (κ2) is 7.25. The number of hydrogen-bond donors (Lipinski definition) is 2. The summed E-state index contributed by atoms with van der Waals surface area (Å²) in [5.74, 6) is -0.399. The highest BCUT2D eigenvalue weighted by Crippen LogP contribution is 2.12. The van der Waals surface area contributed by atoms with Crippen molar-refractivity contribution in [3.8, 4) is 0 Å². The van der Waals surface area contributed by atoms with Gasteiger partial charge in [0, 0.05) is 23.2 Å². The Hall–Kier alpha value is -1.84. The summed E-state index contributed by atoms with van der Waals surface area (Å²) in [6.07, 6.45) is 0.899. The summed E-state index contributed by atoms with van der Waals surface area (Å²) in [6, 6.07) is 15.6. The van der Waals surface area contributed by atoms with E-state index in [0.29, 0.717) is 18.2 Å². The molecule has 110 valence electrons. The van der Waals surface area contributed by atoms with Crippen LogP contribution < -0.4 is 11.1 Å². The van der Waals surface area contributed by atoms with Crippen LogP contribution in [0.1, 0.15) is 28.4 Å². The minimum Gasteiger partial charge on any atom is -0.366 e. The maximum absolute atomic E-state index is 11.2. The molecule has 0 bridgehead atoms. The third kappa shape index (κ3) is 4.88. The van der Waals surface area contributed by atoms with Gasteiger partial charge in [-0.1, -0.05) is 35.9 Å². The topological polar surface area (TPSA) is 55.1 Å². The molecule has 0 spiro atoms. The van der Waals surface area contributed by atoms with E-state index in [1.165, 1.54) is 5.56 Å². The molecule has 3 nitrogen and oxygen atoms in total. The highest BCUT2D eigenvalue weighted by atomic mass is 35.5. The zero-order valence-corrected chi connectivity index (χ0v) is 12.7. The van der Waals surface area contributed by atoms with Crippen molar-refractivity contribution < 1.29 is 4.79 Å². The number of carbonyl (C=O) groups is 1. The molecular weight excluding hydrogens is 284 g/mol. The van der Waals surface area contributed by atoms with Gasteiger partial charge in [0.1, 0.15) is 0 Å². The van der Waals surface area contributed by atoms with E-state index in [0.717, 1.165) is 17.0 Å². The van der Waals surface area contributed by atoms with Gasteiger partial charge in [-0.3, -0.25) is 4.79 Å². The number of carbonyl (C=O) groups excluding carboxylic acids is 1. The first-order valence-electron chi connectivity index (χ1n) is 6.91. The monoisotopic (exact) mass is 302 g/mol. The summed E-state index contributed by atoms with van der Waals surface area (Å²) in [7, 11) is 0. The van der Waals surface area contributed by atoms with Crippen LogP contribution in [-0.2, 0) is 13.0 Å². The molecule has 3 N–H and O–H groups in total. The molecule has 0 aliphatic carbocycles. The molecule has 1 amide bonds. The zero-order chi connectivity index (χ0) is 15.2. The number of benzene rings is 2. The zero-order valence-electron chi connectivity index (χ0n) is 12.0. The van der Waals surface area contributed by atoms with Crippen LogP contribution in [0.2, 0.25) is 5.02 Å². The number of amides is 1. The van der Waals surface area contributed by atoms with Crippen molar-refractivity contribution in [2.75, 3.05) is 0 Å². The van der Waals surface area contributed by atoms with Crippen LogP contribution in [0.3, 0.4) is 0 Å². The quantitative estimate of drug-likeness (QED) is 0.861. The summed E-state index contributed by atoms with van der Waals surface area (Å²) in [5, 5.41) is 4.20. The molecule has 0 fully saturated rings. The fourth-order valence-corrected chi connectivity index (χ4v) is 2.43. The lowest BCUT2D eigenvalue weighted by Crippen LogP contribution is -2.27. The van der Waals surface area contributed by atoms with Crippen LogP contribution in [0.5, 0.6) is 0 Å². The lowest BCUT2D eigenvalue weighted by Gasteiger charge is -2.14. The molecule has 2 aromatic carbocycles. The van der Waals surface area contributed by atoms with Gasteiger partial charge >= 0.3 is 0 Å². The third-order valence-corrected chi connectivity index (χ3v) is 3.53. The first-order valence-corrected chi connectivity index (χ1v) is 7.29. The van der Waals surface area contributed by atoms with E-state index in [4.69, 9.17) is 17.3 Å². The summed E-state index contributed by atoms with van der Waals surface area (Å²) in [6.45, 7) is 2.82. The van der Waals surface area contributed by atoms with Crippen molar-refractivity contribution >= 4 is 17.5 Å². The summed E-state index contributed by atoms with van der Waals surface area (Å²) >= 11 is 5.98. The number of hydrogen-bond acceptors (Lipinski definition) is 2. The van der Waals surface area contributed by atoms with Gasteiger partial charge in [-0.25, -0.2) is 0 Å². The van der Waals surface area contributed by atoms with Crippen LogP contribution in [0.4, 0.5) is 0 Å². The average molecular weight is 303 g/mol. The second-order valence-electron chi connectivity index (χ2n) is 5.18. The van der Waals surface area contributed by atoms with Gasteiger partial charge in [0.2, 0.25) is 5.91 Å². The molecule has 21 heavy (non-hydrogen) atoms. The predicted octanol–water partition coefficient (Wildman–Crippen LogP) is 3.16. The maximum atomic E-state index is 11.2. The lowest BCUT2D eigenvalue weighted by molar-refractivity contribution is 0.1000. The normalized spacial score (nSPS) is 12.1. The predicted molar refractivity (Wildman–Crippen MR) is 86.4 cm³/mol. The maximum Gasteiger partial charge on any atom is 0.248 e. The van der Waals surface area contributed by atoms with Gasteiger partial charge in [0.25, 0.3) is 0 Å². The third-order valence-electron chi connectivity index (χ3n) is 3.30. The summed E-state index contributed by atoms with van der Waals surface area (Å²) < 4.78 is 0. The van der Waals surface area contributed by atoms with Gasteiger partial charge in [-0.15, -0.1) is 0 Å². The van der Waals surface area contributed by atoms with E-state index < -0.39 is 5.91 Å². The average Bonchev–Trinajstić information content (AvgIpc) is 2.45. The van der Waals surface area contributed by atoms with Crippen LogP contribution in [-0.4, -0.2) is 11.9 Å². The highest BCUT2D eigenvalue weighted by molar-refractivity contribution is 6.30. The Balaban J connectivity index is 1.90. The molecule has 2 rings (SSSR count). The fourth-order valence-electron chi connectivity index (χ4n) is 2.22. The minimum absolute atomic E-state index is 0.306. The Morgan fingerprint density at radius 1 is 1.19 bits per heavy atom. The molecule has 2 aromatic rings. The molecule has 0 radical (unpaired) electrons. The molecule has 1 unspecified atom stereocenters. The van der Waals surface area contributed by atoms with Crippen LogP contribution >= 0.6 is 11.6 Å². The minimum atomic E-state index is -0.399. The highest BCUT2D eigenvalue weighted by Gasteiger charge is 2.05. The molecule has 0 heterocycles. The standard InChI is InChI=1S/C17H19ClN2O/c1-12(8-13-4-3-7-16(18)10-13)20-11-14-5-2-6-15(9-14)17(19)21/h2-7,9-10,12,20H,8,11H2,1H3,(H2,19,21). The van der Waals surface area contributed by atoms with Crippen LogP contribution in [0, 0.1) is 0 Å². The Morgan fingerprint density at radius 3 is 2.62 bits per heavy atom. The fraction of sp³-hybridized carbons (Fsp3) is 0.235. The number of halogens is 1. The van der Waals surface area contributed by atoms with E-state index in [2.05, 4.69) is 18.3 Å². The molecule has 0 aromatic heterocycles. The Labute approximate surface area is 130 Å². The van der Waals surface area contributed by atoms with Gasteiger partial charge in [-0.2, -0.15) is 0 Å². The van der Waals surface area contributed by atoms with Gasteiger partial charge in [-0.05, 0) is 48.7 Å². The van der Waals surface area contributed by atoms with E-state index in [1.807, 2.05) is 36.4 Å². The largest absolute Gasteiger partial charge is 0.366 e. The van der Waals surface area contributed by atoms with E-state index >= 15 is 0 Å². The van der Waals surface area contributed by atoms with E-state index in [9.17, 15) is 4.79 Å². The van der Waals surface area contributed by atoms with Crippen molar-refractivity contribution in [1.82, 2.24) is 5.32 Å². The molecule has 0 saturated heterocycles. The SMILES string of the molecule is CC(Cc1cccc(Cl)c1)NCc1cccc(C(N)=O)c1. The molecule has 4 heteroatoms. The lowest BCUT2D eigenvalue weighted by atomic mass is 10.1. The van der Waals surface area contributed by atoms with Crippen molar-refractivity contribution in [3.63, 3.8) is 0 Å². The Morgan fingerprint density at radius 2 is 1.90 bits per heavy atom. The van der Waals surface area contributed by atoms with Crippen molar-refractivity contribution in [1.29, 1.82) is 0 Å². The van der Waals surface area contributed by atoms with Crippen molar-refractivity contribution in [2.24, 2.45) is 5.73 Å². The number of rotatable bonds is 6. The summed E-state index contributed by atoms with van der Waals surface area (Å²) in [5.41, 5.74) is 8.07. The molecule has 0 aliphatic heterocycles. The first-order chi connectivity index (χ1) is 10.0. The number of nitrogens with two attached hydrogens (primary N) is 1. The molecule has 0 saturated carbocycles.